The lowest BCUT2D eigenvalue weighted by molar-refractivity contribution is -0.0224. The lowest BCUT2D eigenvalue weighted by atomic mass is 10.0. The van der Waals surface area contributed by atoms with Crippen molar-refractivity contribution in [2.45, 2.75) is 24.4 Å². The third-order valence-corrected chi connectivity index (χ3v) is 3.37. The van der Waals surface area contributed by atoms with E-state index in [2.05, 4.69) is 15.0 Å². The molecule has 1 aliphatic heterocycles. The second-order valence-electron chi connectivity index (χ2n) is 4.49. The van der Waals surface area contributed by atoms with Gasteiger partial charge in [0, 0.05) is 11.8 Å². The average molecular weight is 266 g/mol. The van der Waals surface area contributed by atoms with Crippen LogP contribution in [0.15, 0.2) is 12.5 Å². The summed E-state index contributed by atoms with van der Waals surface area (Å²) < 4.78 is 5.46. The van der Waals surface area contributed by atoms with Gasteiger partial charge in [0.25, 0.3) is 0 Å². The summed E-state index contributed by atoms with van der Waals surface area (Å²) in [6, 6.07) is 0. The van der Waals surface area contributed by atoms with Gasteiger partial charge >= 0.3 is 0 Å². The predicted octanol–water partition coefficient (Wildman–Crippen LogP) is -1.31. The van der Waals surface area contributed by atoms with Crippen molar-refractivity contribution in [2.75, 3.05) is 12.3 Å². The van der Waals surface area contributed by atoms with Gasteiger partial charge in [-0.1, -0.05) is 0 Å². The molecule has 0 radical (unpaired) electrons. The Morgan fingerprint density at radius 2 is 2.11 bits per heavy atom. The molecule has 8 nitrogen and oxygen atoms in total. The molecule has 0 aliphatic carbocycles. The first kappa shape index (κ1) is 12.3. The lowest BCUT2D eigenvalue weighted by Crippen LogP contribution is -2.32. The van der Waals surface area contributed by atoms with Crippen molar-refractivity contribution < 1.29 is 20.1 Å². The number of ether oxygens (including phenoxy) is 1. The number of hydrogen-bond acceptors (Lipinski definition) is 7. The van der Waals surface area contributed by atoms with Gasteiger partial charge in [0.1, 0.15) is 36.3 Å². The van der Waals surface area contributed by atoms with Gasteiger partial charge in [-0.25, -0.2) is 9.97 Å². The highest BCUT2D eigenvalue weighted by atomic mass is 16.6. The van der Waals surface area contributed by atoms with Gasteiger partial charge in [-0.3, -0.25) is 0 Å². The molecule has 3 heterocycles. The fraction of sp³-hybridized carbons (Fsp3) is 0.455. The standard InChI is InChI=1S/C11H14N4O4/c12-11-7-6(14-3-15-11)4(1-13-7)10-9(18)8(17)5(2-16)19-10/h1,3,5,8-10,13,16-18H,2H2,(H2,12,14,15)/t5-,8+,9-,10-/m0/s1. The summed E-state index contributed by atoms with van der Waals surface area (Å²) >= 11 is 0. The van der Waals surface area contributed by atoms with Gasteiger partial charge in [-0.15, -0.1) is 0 Å². The monoisotopic (exact) mass is 266 g/mol. The zero-order valence-corrected chi connectivity index (χ0v) is 9.89. The van der Waals surface area contributed by atoms with Crippen molar-refractivity contribution in [3.8, 4) is 0 Å². The average Bonchev–Trinajstić information content (AvgIpc) is 2.94. The minimum absolute atomic E-state index is 0.294. The van der Waals surface area contributed by atoms with Crippen LogP contribution in [0.1, 0.15) is 11.7 Å². The van der Waals surface area contributed by atoms with E-state index in [4.69, 9.17) is 15.6 Å². The van der Waals surface area contributed by atoms with Crippen LogP contribution in [0.3, 0.4) is 0 Å². The Balaban J connectivity index is 2.04. The molecule has 102 valence electrons. The van der Waals surface area contributed by atoms with E-state index in [9.17, 15) is 10.2 Å². The van der Waals surface area contributed by atoms with E-state index in [1.165, 1.54) is 6.33 Å². The van der Waals surface area contributed by atoms with Crippen LogP contribution in [0.4, 0.5) is 5.82 Å². The fourth-order valence-corrected chi connectivity index (χ4v) is 2.35. The van der Waals surface area contributed by atoms with Gasteiger partial charge in [-0.05, 0) is 0 Å². The maximum Gasteiger partial charge on any atom is 0.151 e. The van der Waals surface area contributed by atoms with Crippen molar-refractivity contribution in [1.29, 1.82) is 0 Å². The molecule has 0 aromatic carbocycles. The molecule has 0 spiro atoms. The normalized spacial score (nSPS) is 31.1. The summed E-state index contributed by atoms with van der Waals surface area (Å²) in [5.41, 5.74) is 7.37. The summed E-state index contributed by atoms with van der Waals surface area (Å²) in [4.78, 5) is 10.9. The Morgan fingerprint density at radius 3 is 2.79 bits per heavy atom. The molecule has 8 heteroatoms. The molecule has 6 N–H and O–H groups in total. The first-order valence-electron chi connectivity index (χ1n) is 5.83. The number of aliphatic hydroxyl groups excluding tert-OH is 3. The van der Waals surface area contributed by atoms with Gasteiger partial charge in [0.05, 0.1) is 12.1 Å². The topological polar surface area (TPSA) is 138 Å². The van der Waals surface area contributed by atoms with E-state index in [0.29, 0.717) is 22.4 Å². The Labute approximate surface area is 107 Å². The van der Waals surface area contributed by atoms with E-state index in [0.717, 1.165) is 0 Å². The number of nitrogens with two attached hydrogens (primary N) is 1. The molecule has 0 unspecified atom stereocenters. The highest BCUT2D eigenvalue weighted by Gasteiger charge is 2.44. The highest BCUT2D eigenvalue weighted by molar-refractivity contribution is 5.87. The molecular weight excluding hydrogens is 252 g/mol. The molecule has 4 atom stereocenters. The number of H-pyrrole nitrogens is 1. The second-order valence-corrected chi connectivity index (χ2v) is 4.49. The van der Waals surface area contributed by atoms with E-state index >= 15 is 0 Å². The largest absolute Gasteiger partial charge is 0.394 e. The van der Waals surface area contributed by atoms with Crippen molar-refractivity contribution in [2.24, 2.45) is 0 Å². The zero-order valence-electron chi connectivity index (χ0n) is 9.89. The van der Waals surface area contributed by atoms with Gasteiger partial charge < -0.3 is 30.8 Å². The minimum atomic E-state index is -1.14. The van der Waals surface area contributed by atoms with E-state index in [1.54, 1.807) is 6.20 Å². The Morgan fingerprint density at radius 1 is 1.32 bits per heavy atom. The summed E-state index contributed by atoms with van der Waals surface area (Å²) in [5.74, 6) is 0.294. The Bertz CT molecular complexity index is 601. The predicted molar refractivity (Wildman–Crippen MR) is 65.0 cm³/mol. The number of hydrogen-bond donors (Lipinski definition) is 5. The van der Waals surface area contributed by atoms with Crippen LogP contribution in [0, 0.1) is 0 Å². The number of aromatic nitrogens is 3. The number of nitrogen functional groups attached to an aromatic ring is 1. The summed E-state index contributed by atoms with van der Waals surface area (Å²) in [5, 5.41) is 28.8. The first-order chi connectivity index (χ1) is 9.13. The minimum Gasteiger partial charge on any atom is -0.394 e. The smallest absolute Gasteiger partial charge is 0.151 e. The number of nitrogens with zero attached hydrogens (tertiary/aromatic N) is 2. The zero-order chi connectivity index (χ0) is 13.6. The maximum atomic E-state index is 9.98. The molecule has 0 bridgehead atoms. The van der Waals surface area contributed by atoms with Gasteiger partial charge in [0.2, 0.25) is 0 Å². The van der Waals surface area contributed by atoms with Crippen molar-refractivity contribution in [3.05, 3.63) is 18.1 Å². The number of fused-ring (bicyclic) bond motifs is 1. The van der Waals surface area contributed by atoms with E-state index in [-0.39, 0.29) is 6.61 Å². The van der Waals surface area contributed by atoms with Gasteiger partial charge in [-0.2, -0.15) is 0 Å². The SMILES string of the molecule is Nc1ncnc2c([C@@H]3O[C@@H](CO)[C@@H](O)[C@@H]3O)c[nH]c12. The number of rotatable bonds is 2. The van der Waals surface area contributed by atoms with Crippen LogP contribution >= 0.6 is 0 Å². The highest BCUT2D eigenvalue weighted by Crippen LogP contribution is 2.36. The third-order valence-electron chi connectivity index (χ3n) is 3.37. The maximum absolute atomic E-state index is 9.98. The molecule has 2 aromatic rings. The van der Waals surface area contributed by atoms with Crippen LogP contribution in [0.5, 0.6) is 0 Å². The molecular formula is C11H14N4O4. The Kier molecular flexibility index (Phi) is 2.86. The molecule has 0 saturated carbocycles. The quantitative estimate of drug-likeness (QED) is 0.455. The first-order valence-corrected chi connectivity index (χ1v) is 5.83. The molecule has 2 aromatic heterocycles. The summed E-state index contributed by atoms with van der Waals surface area (Å²) in [6.45, 7) is -0.367. The van der Waals surface area contributed by atoms with Crippen LogP contribution in [-0.4, -0.2) is 55.2 Å². The van der Waals surface area contributed by atoms with Crippen LogP contribution < -0.4 is 5.73 Å². The molecule has 0 amide bonds. The van der Waals surface area contributed by atoms with Gasteiger partial charge in [0.15, 0.2) is 5.82 Å². The van der Waals surface area contributed by atoms with E-state index in [1.807, 2.05) is 0 Å². The van der Waals surface area contributed by atoms with Crippen LogP contribution in [0.25, 0.3) is 11.0 Å². The number of nitrogens with one attached hydrogen (secondary N) is 1. The molecule has 1 saturated heterocycles. The fourth-order valence-electron chi connectivity index (χ4n) is 2.35. The van der Waals surface area contributed by atoms with E-state index < -0.39 is 24.4 Å². The van der Waals surface area contributed by atoms with Crippen LogP contribution in [0.2, 0.25) is 0 Å². The number of aliphatic hydroxyl groups is 3. The molecule has 3 rings (SSSR count). The lowest BCUT2D eigenvalue weighted by Gasteiger charge is -2.13. The molecule has 1 aliphatic rings. The van der Waals surface area contributed by atoms with Crippen molar-refractivity contribution in [3.63, 3.8) is 0 Å². The number of aromatic amines is 1. The molecule has 1 fully saturated rings. The molecule has 19 heavy (non-hydrogen) atoms. The summed E-state index contributed by atoms with van der Waals surface area (Å²) in [7, 11) is 0. The number of anilines is 1. The second kappa shape index (κ2) is 4.42. The third kappa shape index (κ3) is 1.77. The Hall–Kier alpha value is -1.74. The summed E-state index contributed by atoms with van der Waals surface area (Å²) in [6.07, 6.45) is -0.933. The van der Waals surface area contributed by atoms with Crippen LogP contribution in [-0.2, 0) is 4.74 Å². The van der Waals surface area contributed by atoms with Crippen molar-refractivity contribution in [1.82, 2.24) is 15.0 Å². The van der Waals surface area contributed by atoms with Crippen molar-refractivity contribution >= 4 is 16.9 Å².